The lowest BCUT2D eigenvalue weighted by atomic mass is 10.1. The summed E-state index contributed by atoms with van der Waals surface area (Å²) in [6, 6.07) is 21.6. The summed E-state index contributed by atoms with van der Waals surface area (Å²) in [5.41, 5.74) is 0.651. The number of thiophene rings is 1. The van der Waals surface area contributed by atoms with Crippen molar-refractivity contribution >= 4 is 17.2 Å². The first-order chi connectivity index (χ1) is 14.2. The van der Waals surface area contributed by atoms with Crippen LogP contribution in [-0.2, 0) is 0 Å². The molecule has 29 heavy (non-hydrogen) atoms. The van der Waals surface area contributed by atoms with Crippen LogP contribution in [-0.4, -0.2) is 25.0 Å². The van der Waals surface area contributed by atoms with E-state index in [4.69, 9.17) is 4.74 Å². The van der Waals surface area contributed by atoms with Crippen molar-refractivity contribution < 1.29 is 14.4 Å². The molecule has 1 aliphatic rings. The summed E-state index contributed by atoms with van der Waals surface area (Å²) < 4.78 is 5.82. The van der Waals surface area contributed by atoms with Crippen LogP contribution in [0.5, 0.6) is 11.5 Å². The smallest absolute Gasteiger partial charge is 0.251 e. The van der Waals surface area contributed by atoms with Gasteiger partial charge in [0.05, 0.1) is 24.0 Å². The van der Waals surface area contributed by atoms with Crippen LogP contribution >= 0.6 is 11.3 Å². The molecule has 2 heterocycles. The van der Waals surface area contributed by atoms with Crippen molar-refractivity contribution in [2.24, 2.45) is 0 Å². The fraction of sp³-hybridized carbons (Fsp3) is 0.292. The minimum absolute atomic E-state index is 0.0380. The Bertz CT molecular complexity index is 904. The molecular formula is C24H27N2O2S+. The Balaban J connectivity index is 1.42. The van der Waals surface area contributed by atoms with Gasteiger partial charge in [-0.15, -0.1) is 11.3 Å². The van der Waals surface area contributed by atoms with E-state index in [-0.39, 0.29) is 11.9 Å². The van der Waals surface area contributed by atoms with E-state index in [2.05, 4.69) is 29.8 Å². The van der Waals surface area contributed by atoms with Gasteiger partial charge in [-0.3, -0.25) is 4.79 Å². The van der Waals surface area contributed by atoms with Crippen LogP contribution in [0.3, 0.4) is 0 Å². The summed E-state index contributed by atoms with van der Waals surface area (Å²) in [6.07, 6.45) is 2.53. The van der Waals surface area contributed by atoms with E-state index in [9.17, 15) is 4.79 Å². The largest absolute Gasteiger partial charge is 0.457 e. The quantitative estimate of drug-likeness (QED) is 0.620. The fourth-order valence-corrected chi connectivity index (χ4v) is 5.07. The van der Waals surface area contributed by atoms with Gasteiger partial charge in [0.15, 0.2) is 0 Å². The predicted molar refractivity (Wildman–Crippen MR) is 117 cm³/mol. The summed E-state index contributed by atoms with van der Waals surface area (Å²) in [4.78, 5) is 15.8. The second-order valence-corrected chi connectivity index (χ2v) is 8.54. The van der Waals surface area contributed by atoms with Crippen LogP contribution < -0.4 is 15.0 Å². The van der Waals surface area contributed by atoms with Crippen LogP contribution in [0.1, 0.15) is 41.0 Å². The number of quaternary nitrogens is 1. The van der Waals surface area contributed by atoms with Crippen LogP contribution in [0.4, 0.5) is 0 Å². The summed E-state index contributed by atoms with van der Waals surface area (Å²) >= 11 is 1.78. The standard InChI is InChI=1S/C24H26N2O2S/c1-18(23(22-10-7-17-29-22)26-15-5-6-16-26)25-24(27)19-11-13-21(14-12-19)28-20-8-3-2-4-9-20/h2-4,7-14,17-18,23H,5-6,15-16H2,1H3,(H,25,27)/p+1/t18-,23+/m1/s1. The van der Waals surface area contributed by atoms with Gasteiger partial charge in [0, 0.05) is 18.4 Å². The summed E-state index contributed by atoms with van der Waals surface area (Å²) in [7, 11) is 0. The first-order valence-electron chi connectivity index (χ1n) is 10.2. The first-order valence-corrected chi connectivity index (χ1v) is 11.1. The number of amides is 1. The molecule has 150 valence electrons. The van der Waals surface area contributed by atoms with Crippen molar-refractivity contribution in [2.75, 3.05) is 13.1 Å². The third-order valence-corrected chi connectivity index (χ3v) is 6.44. The number of para-hydroxylation sites is 1. The van der Waals surface area contributed by atoms with E-state index in [0.29, 0.717) is 11.6 Å². The molecule has 2 N–H and O–H groups in total. The third kappa shape index (κ3) is 4.86. The minimum atomic E-state index is -0.0380. The molecule has 5 heteroatoms. The Kier molecular flexibility index (Phi) is 6.27. The number of carbonyl (C=O) groups excluding carboxylic acids is 1. The molecule has 0 spiro atoms. The van der Waals surface area contributed by atoms with Gasteiger partial charge >= 0.3 is 0 Å². The molecule has 1 aromatic heterocycles. The van der Waals surface area contributed by atoms with Crippen LogP contribution in [0.15, 0.2) is 72.1 Å². The monoisotopic (exact) mass is 407 g/mol. The zero-order valence-corrected chi connectivity index (χ0v) is 17.5. The molecule has 4 rings (SSSR count). The molecule has 4 nitrogen and oxygen atoms in total. The molecule has 1 aliphatic heterocycles. The van der Waals surface area contributed by atoms with E-state index in [1.807, 2.05) is 54.6 Å². The van der Waals surface area contributed by atoms with Crippen molar-refractivity contribution in [3.05, 3.63) is 82.6 Å². The maximum absolute atomic E-state index is 12.9. The second-order valence-electron chi connectivity index (χ2n) is 7.56. The molecule has 0 saturated carbocycles. The van der Waals surface area contributed by atoms with E-state index in [1.165, 1.54) is 30.8 Å². The zero-order chi connectivity index (χ0) is 20.1. The van der Waals surface area contributed by atoms with Crippen LogP contribution in [0.2, 0.25) is 0 Å². The lowest BCUT2D eigenvalue weighted by Crippen LogP contribution is -3.11. The number of ether oxygens (including phenoxy) is 1. The highest BCUT2D eigenvalue weighted by Crippen LogP contribution is 2.23. The van der Waals surface area contributed by atoms with E-state index in [0.717, 1.165) is 11.5 Å². The highest BCUT2D eigenvalue weighted by Gasteiger charge is 2.33. The Hall–Kier alpha value is -2.63. The van der Waals surface area contributed by atoms with Gasteiger partial charge in [-0.05, 0) is 54.8 Å². The lowest BCUT2D eigenvalue weighted by Gasteiger charge is -2.29. The van der Waals surface area contributed by atoms with Gasteiger partial charge < -0.3 is 15.0 Å². The maximum Gasteiger partial charge on any atom is 0.251 e. The van der Waals surface area contributed by atoms with Crippen molar-refractivity contribution in [3.63, 3.8) is 0 Å². The number of hydrogen-bond acceptors (Lipinski definition) is 3. The Morgan fingerprint density at radius 1 is 0.966 bits per heavy atom. The van der Waals surface area contributed by atoms with Gasteiger partial charge in [0.1, 0.15) is 17.5 Å². The summed E-state index contributed by atoms with van der Waals surface area (Å²) in [5.74, 6) is 1.47. The second kappa shape index (κ2) is 9.25. The molecule has 0 bridgehead atoms. The molecular weight excluding hydrogens is 380 g/mol. The van der Waals surface area contributed by atoms with E-state index in [1.54, 1.807) is 16.2 Å². The van der Waals surface area contributed by atoms with Gasteiger partial charge in [-0.2, -0.15) is 0 Å². The zero-order valence-electron chi connectivity index (χ0n) is 16.6. The lowest BCUT2D eigenvalue weighted by molar-refractivity contribution is -0.920. The van der Waals surface area contributed by atoms with Gasteiger partial charge in [-0.25, -0.2) is 0 Å². The number of carbonyl (C=O) groups is 1. The molecule has 2 atom stereocenters. The number of benzene rings is 2. The Morgan fingerprint density at radius 3 is 2.31 bits per heavy atom. The minimum Gasteiger partial charge on any atom is -0.457 e. The highest BCUT2D eigenvalue weighted by molar-refractivity contribution is 7.10. The van der Waals surface area contributed by atoms with Gasteiger partial charge in [0.25, 0.3) is 5.91 Å². The molecule has 1 fully saturated rings. The van der Waals surface area contributed by atoms with Crippen LogP contribution in [0, 0.1) is 0 Å². The number of nitrogens with one attached hydrogen (secondary N) is 2. The third-order valence-electron chi connectivity index (χ3n) is 5.49. The first kappa shape index (κ1) is 19.7. The maximum atomic E-state index is 12.9. The number of likely N-dealkylation sites (tertiary alicyclic amines) is 1. The van der Waals surface area contributed by atoms with Gasteiger partial charge in [0.2, 0.25) is 0 Å². The van der Waals surface area contributed by atoms with Crippen molar-refractivity contribution in [3.8, 4) is 11.5 Å². The van der Waals surface area contributed by atoms with Crippen LogP contribution in [0.25, 0.3) is 0 Å². The summed E-state index contributed by atoms with van der Waals surface area (Å²) in [6.45, 7) is 4.48. The fourth-order valence-electron chi connectivity index (χ4n) is 4.08. The number of hydrogen-bond donors (Lipinski definition) is 2. The molecule has 1 amide bonds. The average molecular weight is 408 g/mol. The van der Waals surface area contributed by atoms with E-state index < -0.39 is 0 Å². The average Bonchev–Trinajstić information content (AvgIpc) is 3.44. The Labute approximate surface area is 176 Å². The van der Waals surface area contributed by atoms with Gasteiger partial charge in [-0.1, -0.05) is 24.3 Å². The van der Waals surface area contributed by atoms with E-state index >= 15 is 0 Å². The summed E-state index contributed by atoms with van der Waals surface area (Å²) in [5, 5.41) is 5.36. The Morgan fingerprint density at radius 2 is 1.66 bits per heavy atom. The number of rotatable bonds is 7. The molecule has 0 radical (unpaired) electrons. The highest BCUT2D eigenvalue weighted by atomic mass is 32.1. The predicted octanol–water partition coefficient (Wildman–Crippen LogP) is 4.08. The molecule has 3 aromatic rings. The molecule has 1 saturated heterocycles. The van der Waals surface area contributed by atoms with Crippen molar-refractivity contribution in [2.45, 2.75) is 31.8 Å². The van der Waals surface area contributed by atoms with Crippen molar-refractivity contribution in [1.29, 1.82) is 0 Å². The topological polar surface area (TPSA) is 42.8 Å². The van der Waals surface area contributed by atoms with Crippen molar-refractivity contribution in [1.82, 2.24) is 5.32 Å². The molecule has 2 aromatic carbocycles. The SMILES string of the molecule is C[C@@H](NC(=O)c1ccc(Oc2ccccc2)cc1)[C@@H](c1cccs1)[NH+]1CCCC1. The molecule has 0 unspecified atom stereocenters. The normalized spacial score (nSPS) is 16.3. The molecule has 0 aliphatic carbocycles.